The van der Waals surface area contributed by atoms with E-state index >= 15 is 0 Å². The van der Waals surface area contributed by atoms with Gasteiger partial charge in [-0.05, 0) is 51.8 Å². The van der Waals surface area contributed by atoms with Gasteiger partial charge in [0.15, 0.2) is 0 Å². The lowest BCUT2D eigenvalue weighted by Gasteiger charge is -2.15. The number of nitrogens with one attached hydrogen (secondary N) is 1. The van der Waals surface area contributed by atoms with E-state index in [0.717, 1.165) is 16.3 Å². The quantitative estimate of drug-likeness (QED) is 0.388. The third-order valence-electron chi connectivity index (χ3n) is 6.80. The highest BCUT2D eigenvalue weighted by molar-refractivity contribution is 6.13. The van der Waals surface area contributed by atoms with Gasteiger partial charge in [-0.25, -0.2) is 5.43 Å². The van der Waals surface area contributed by atoms with Crippen LogP contribution in [0, 0.1) is 17.3 Å². The van der Waals surface area contributed by atoms with E-state index in [1.165, 1.54) is 36.5 Å². The Kier molecular flexibility index (Phi) is 3.78. The molecule has 0 radical (unpaired) electrons. The second-order valence-corrected chi connectivity index (χ2v) is 8.30. The maximum Gasteiger partial charge on any atom is 0.244 e. The SMILES string of the molecule is CC12CCCCC1C2C(=O)N/N=C/c1c2ccccc2cc2ccccc12. The van der Waals surface area contributed by atoms with Gasteiger partial charge in [0.25, 0.3) is 0 Å². The van der Waals surface area contributed by atoms with E-state index in [1.54, 1.807) is 0 Å². The van der Waals surface area contributed by atoms with E-state index in [4.69, 9.17) is 0 Å². The normalized spacial score (nSPS) is 27.0. The highest BCUT2D eigenvalue weighted by Crippen LogP contribution is 2.66. The van der Waals surface area contributed by atoms with Crippen LogP contribution in [0.1, 0.15) is 38.2 Å². The van der Waals surface area contributed by atoms with Crippen LogP contribution >= 0.6 is 0 Å². The summed E-state index contributed by atoms with van der Waals surface area (Å²) in [4.78, 5) is 12.7. The minimum atomic E-state index is 0.0881. The number of amides is 1. The molecule has 0 aliphatic heterocycles. The summed E-state index contributed by atoms with van der Waals surface area (Å²) >= 11 is 0. The number of carbonyl (C=O) groups is 1. The second-order valence-electron chi connectivity index (χ2n) is 8.30. The lowest BCUT2D eigenvalue weighted by molar-refractivity contribution is -0.123. The molecule has 27 heavy (non-hydrogen) atoms. The molecule has 1 N–H and O–H groups in total. The van der Waals surface area contributed by atoms with Crippen molar-refractivity contribution in [3.05, 3.63) is 60.2 Å². The lowest BCUT2D eigenvalue weighted by atomic mass is 9.90. The molecule has 3 heteroatoms. The van der Waals surface area contributed by atoms with Gasteiger partial charge in [0.1, 0.15) is 0 Å². The van der Waals surface area contributed by atoms with E-state index in [-0.39, 0.29) is 17.2 Å². The van der Waals surface area contributed by atoms with Crippen molar-refractivity contribution in [2.24, 2.45) is 22.4 Å². The van der Waals surface area contributed by atoms with Crippen LogP contribution in [0.15, 0.2) is 59.7 Å². The van der Waals surface area contributed by atoms with Crippen LogP contribution in [0.2, 0.25) is 0 Å². The predicted molar refractivity (Wildman–Crippen MR) is 111 cm³/mol. The van der Waals surface area contributed by atoms with Crippen molar-refractivity contribution in [1.29, 1.82) is 0 Å². The van der Waals surface area contributed by atoms with Gasteiger partial charge in [-0.1, -0.05) is 68.3 Å². The molecule has 2 fully saturated rings. The number of hydrogen-bond donors (Lipinski definition) is 1. The van der Waals surface area contributed by atoms with Gasteiger partial charge < -0.3 is 0 Å². The number of hydrazone groups is 1. The van der Waals surface area contributed by atoms with E-state index in [2.05, 4.69) is 59.9 Å². The summed E-state index contributed by atoms with van der Waals surface area (Å²) in [6.07, 6.45) is 6.69. The van der Waals surface area contributed by atoms with Gasteiger partial charge in [0, 0.05) is 11.5 Å². The summed E-state index contributed by atoms with van der Waals surface area (Å²) in [5, 5.41) is 9.05. The fraction of sp³-hybridized carbons (Fsp3) is 0.333. The molecule has 0 spiro atoms. The number of nitrogens with zero attached hydrogens (tertiary/aromatic N) is 1. The van der Waals surface area contributed by atoms with E-state index < -0.39 is 0 Å². The van der Waals surface area contributed by atoms with Crippen LogP contribution < -0.4 is 5.43 Å². The third-order valence-corrected chi connectivity index (χ3v) is 6.80. The zero-order valence-corrected chi connectivity index (χ0v) is 15.6. The molecule has 3 nitrogen and oxygen atoms in total. The Morgan fingerprint density at radius 1 is 1.07 bits per heavy atom. The highest BCUT2D eigenvalue weighted by Gasteiger charge is 2.64. The zero-order valence-electron chi connectivity index (χ0n) is 15.6. The monoisotopic (exact) mass is 356 g/mol. The summed E-state index contributed by atoms with van der Waals surface area (Å²) in [7, 11) is 0. The second kappa shape index (κ2) is 6.19. The Labute approximate surface area is 159 Å². The van der Waals surface area contributed by atoms with Crippen LogP contribution in [-0.2, 0) is 4.79 Å². The van der Waals surface area contributed by atoms with Crippen molar-refractivity contribution in [2.75, 3.05) is 0 Å². The van der Waals surface area contributed by atoms with Gasteiger partial charge in [-0.3, -0.25) is 4.79 Å². The summed E-state index contributed by atoms with van der Waals surface area (Å²) < 4.78 is 0. The molecule has 3 aromatic carbocycles. The lowest BCUT2D eigenvalue weighted by Crippen LogP contribution is -2.22. The van der Waals surface area contributed by atoms with Crippen molar-refractivity contribution in [2.45, 2.75) is 32.6 Å². The van der Waals surface area contributed by atoms with Crippen LogP contribution in [0.4, 0.5) is 0 Å². The molecule has 2 saturated carbocycles. The Hall–Kier alpha value is -2.68. The number of hydrogen-bond acceptors (Lipinski definition) is 2. The van der Waals surface area contributed by atoms with E-state index in [1.807, 2.05) is 18.3 Å². The smallest absolute Gasteiger partial charge is 0.244 e. The largest absolute Gasteiger partial charge is 0.273 e. The fourth-order valence-corrected chi connectivity index (χ4v) is 5.27. The molecule has 3 atom stereocenters. The highest BCUT2D eigenvalue weighted by atomic mass is 16.2. The average Bonchev–Trinajstić information content (AvgIpc) is 3.33. The van der Waals surface area contributed by atoms with Crippen molar-refractivity contribution < 1.29 is 4.79 Å². The van der Waals surface area contributed by atoms with Crippen LogP contribution in [-0.4, -0.2) is 12.1 Å². The summed E-state index contributed by atoms with van der Waals surface area (Å²) in [5.41, 5.74) is 4.11. The minimum Gasteiger partial charge on any atom is -0.273 e. The standard InChI is InChI=1S/C24H24N2O/c1-24-13-7-6-12-21(24)22(24)23(27)26-25-15-20-18-10-4-2-8-16(18)14-17-9-3-5-11-19(17)20/h2-5,8-11,14-15,21-22H,6-7,12-13H2,1H3,(H,26,27)/b25-15+. The van der Waals surface area contributed by atoms with Gasteiger partial charge in [0.05, 0.1) is 6.21 Å². The Balaban J connectivity index is 1.44. The van der Waals surface area contributed by atoms with Crippen molar-refractivity contribution in [3.63, 3.8) is 0 Å². The van der Waals surface area contributed by atoms with Crippen molar-refractivity contribution >= 4 is 33.7 Å². The Bertz CT molecular complexity index is 1020. The number of benzene rings is 3. The van der Waals surface area contributed by atoms with Gasteiger partial charge in [0.2, 0.25) is 5.91 Å². The number of fused-ring (bicyclic) bond motifs is 3. The van der Waals surface area contributed by atoms with E-state index in [0.29, 0.717) is 5.92 Å². The molecule has 0 heterocycles. The first kappa shape index (κ1) is 16.5. The number of carbonyl (C=O) groups excluding carboxylic acids is 1. The van der Waals surface area contributed by atoms with Crippen molar-refractivity contribution in [3.8, 4) is 0 Å². The predicted octanol–water partition coefficient (Wildman–Crippen LogP) is 5.27. The Morgan fingerprint density at radius 3 is 2.37 bits per heavy atom. The van der Waals surface area contributed by atoms with Crippen LogP contribution in [0.25, 0.3) is 21.5 Å². The van der Waals surface area contributed by atoms with Gasteiger partial charge >= 0.3 is 0 Å². The fourth-order valence-electron chi connectivity index (χ4n) is 5.27. The molecule has 3 aromatic rings. The molecule has 2 aliphatic carbocycles. The molecule has 136 valence electrons. The molecular formula is C24H24N2O. The topological polar surface area (TPSA) is 41.5 Å². The first-order chi connectivity index (χ1) is 13.2. The maximum absolute atomic E-state index is 12.7. The molecule has 5 rings (SSSR count). The summed E-state index contributed by atoms with van der Waals surface area (Å²) in [6, 6.07) is 18.9. The van der Waals surface area contributed by atoms with Crippen LogP contribution in [0.5, 0.6) is 0 Å². The molecule has 3 unspecified atom stereocenters. The van der Waals surface area contributed by atoms with E-state index in [9.17, 15) is 4.79 Å². The minimum absolute atomic E-state index is 0.0881. The first-order valence-corrected chi connectivity index (χ1v) is 9.92. The van der Waals surface area contributed by atoms with Crippen molar-refractivity contribution in [1.82, 2.24) is 5.43 Å². The van der Waals surface area contributed by atoms with Gasteiger partial charge in [-0.2, -0.15) is 5.10 Å². The molecular weight excluding hydrogens is 332 g/mol. The molecule has 1 amide bonds. The van der Waals surface area contributed by atoms with Gasteiger partial charge in [-0.15, -0.1) is 0 Å². The molecule has 0 bridgehead atoms. The number of rotatable bonds is 3. The molecule has 0 saturated heterocycles. The average molecular weight is 356 g/mol. The third kappa shape index (κ3) is 2.64. The summed E-state index contributed by atoms with van der Waals surface area (Å²) in [5.74, 6) is 0.784. The zero-order chi connectivity index (χ0) is 18.4. The first-order valence-electron chi connectivity index (χ1n) is 9.92. The molecule has 0 aromatic heterocycles. The maximum atomic E-state index is 12.7. The Morgan fingerprint density at radius 2 is 1.74 bits per heavy atom. The summed E-state index contributed by atoms with van der Waals surface area (Å²) in [6.45, 7) is 2.27. The van der Waals surface area contributed by atoms with Crippen LogP contribution in [0.3, 0.4) is 0 Å². The molecule has 2 aliphatic rings.